The summed E-state index contributed by atoms with van der Waals surface area (Å²) >= 11 is 3.43. The lowest BCUT2D eigenvalue weighted by Crippen LogP contribution is -2.47. The van der Waals surface area contributed by atoms with Gasteiger partial charge in [0.1, 0.15) is 65.0 Å². The number of rotatable bonds is 9. The van der Waals surface area contributed by atoms with Gasteiger partial charge >= 0.3 is 0 Å². The number of carbonyl (C=O) groups is 9. The van der Waals surface area contributed by atoms with Gasteiger partial charge in [0.25, 0.3) is 0 Å². The van der Waals surface area contributed by atoms with Gasteiger partial charge in [0.05, 0.1) is 120 Å². The van der Waals surface area contributed by atoms with E-state index in [9.17, 15) is 43.2 Å². The van der Waals surface area contributed by atoms with Gasteiger partial charge in [0.2, 0.25) is 29.5 Å². The molecule has 30 nitrogen and oxygen atoms in total. The fraction of sp³-hybridized carbons (Fsp3) is 0.425. The van der Waals surface area contributed by atoms with E-state index in [1.165, 1.54) is 25.5 Å². The number of piperidine rings is 3. The van der Waals surface area contributed by atoms with Crippen molar-refractivity contribution in [2.75, 3.05) is 70.1 Å². The first-order valence-electron chi connectivity index (χ1n) is 39.8. The number of nitrogens with zero attached hydrogens (tertiary/aromatic N) is 13. The predicted octanol–water partition coefficient (Wildman–Crippen LogP) is 9.46. The van der Waals surface area contributed by atoms with Crippen LogP contribution in [0.15, 0.2) is 138 Å². The van der Waals surface area contributed by atoms with Crippen molar-refractivity contribution < 1.29 is 71.6 Å². The largest absolute Gasteiger partial charge is 0.377 e. The van der Waals surface area contributed by atoms with Crippen LogP contribution in [0.3, 0.4) is 0 Å². The Morgan fingerprint density at radius 1 is 0.458 bits per heavy atom. The van der Waals surface area contributed by atoms with E-state index >= 15 is 0 Å². The number of nitrogens with one attached hydrogen (secondary N) is 2. The van der Waals surface area contributed by atoms with Crippen LogP contribution in [0.5, 0.6) is 0 Å². The normalized spacial score (nSPS) is 24.8. The zero-order valence-corrected chi connectivity index (χ0v) is 68.1. The molecule has 5 amide bonds. The van der Waals surface area contributed by atoms with Gasteiger partial charge in [-0.2, -0.15) is 15.3 Å². The Morgan fingerprint density at radius 3 is 1.40 bits per heavy atom. The first kappa shape index (κ1) is 80.7. The topological polar surface area (TPSA) is 348 Å². The Bertz CT molecular complexity index is 5390. The molecule has 3 spiro atoms. The minimum atomic E-state index is -0.691. The van der Waals surface area contributed by atoms with Gasteiger partial charge in [-0.3, -0.25) is 62.2 Å². The van der Waals surface area contributed by atoms with Crippen LogP contribution in [-0.4, -0.2) is 212 Å². The molecule has 9 aliphatic rings. The number of carbonyl (C=O) groups excluding carboxylic acids is 9. The summed E-state index contributed by atoms with van der Waals surface area (Å²) in [4.78, 5) is 143. The molecule has 3 saturated heterocycles. The van der Waals surface area contributed by atoms with Crippen LogP contribution >= 0.6 is 15.9 Å². The third kappa shape index (κ3) is 16.5. The number of Topliss-reactive ketones (excluding diaryl/α,β-unsaturated/α-hetero) is 4. The lowest BCUT2D eigenvalue weighted by atomic mass is 9.95. The van der Waals surface area contributed by atoms with E-state index in [0.29, 0.717) is 153 Å². The molecule has 7 aromatic heterocycles. The van der Waals surface area contributed by atoms with Gasteiger partial charge < -0.3 is 53.8 Å². The van der Waals surface area contributed by atoms with E-state index in [-0.39, 0.29) is 120 Å². The maximum atomic E-state index is 14.0. The number of anilines is 2. The van der Waals surface area contributed by atoms with Crippen molar-refractivity contribution in [3.63, 3.8) is 0 Å². The predicted molar refractivity (Wildman–Crippen MR) is 435 cm³/mol. The average molecular weight is 1670 g/mol. The molecule has 13 heterocycles. The highest BCUT2D eigenvalue weighted by molar-refractivity contribution is 9.10. The number of aryl methyl sites for hydroxylation is 3. The number of ether oxygens (including phenoxy) is 6. The Morgan fingerprint density at radius 2 is 0.881 bits per heavy atom. The smallest absolute Gasteiger partial charge is 0.248 e. The number of para-hydroxylation sites is 2. The Hall–Kier alpha value is -11.1. The van der Waals surface area contributed by atoms with Crippen LogP contribution in [0.25, 0.3) is 32.7 Å². The first-order valence-corrected chi connectivity index (χ1v) is 40.6. The fourth-order valence-corrected chi connectivity index (χ4v) is 18.2. The number of likely N-dealkylation sites (tertiary alicyclic amines) is 3. The lowest BCUT2D eigenvalue weighted by Gasteiger charge is -2.27. The molecule has 6 bridgehead atoms. The minimum absolute atomic E-state index is 0.0503. The zero-order chi connectivity index (χ0) is 82.3. The van der Waals surface area contributed by atoms with Crippen LogP contribution in [0.4, 0.5) is 11.6 Å². The molecular weight excluding hydrogens is 1570 g/mol. The van der Waals surface area contributed by atoms with Crippen molar-refractivity contribution in [2.45, 2.75) is 162 Å². The number of halogens is 1. The van der Waals surface area contributed by atoms with Crippen LogP contribution in [-0.2, 0) is 103 Å². The average Bonchev–Trinajstić information content (AvgIpc) is 1.55. The van der Waals surface area contributed by atoms with Crippen LogP contribution < -0.4 is 10.6 Å². The molecule has 31 heteroatoms. The second-order valence-corrected chi connectivity index (χ2v) is 33.0. The van der Waals surface area contributed by atoms with Crippen molar-refractivity contribution in [2.24, 2.45) is 16.2 Å². The SMILES string of the molecule is CC(=O)c1nn(CC(=O)N2[C@H]3C[C@@]4(COCC=CCOCc5ccc(Br)nc5CC3=O)C[C@@H]24)c2c(C)cccc12.CC(=O)c1nn(CC(=O)N2[C@H]3C[C@@]4(COCC=CCOCc5ccc(C)nc5NC3=O)C[C@@H]24)c2ccccc12.CC(=O)c1nn(CC(=O)N2[C@H]3C[C@@]4(COCC=CCOCc5ccc(C)nc5NC3=O)C[C@@H]24)c2cnccc12. The molecule has 2 N–H and O–H groups in total. The fourth-order valence-electron chi connectivity index (χ4n) is 17.8. The van der Waals surface area contributed by atoms with E-state index in [1.807, 2.05) is 136 Å². The quantitative estimate of drug-likeness (QED) is 0.0771. The third-order valence-corrected chi connectivity index (χ3v) is 24.4. The number of benzene rings is 2. The number of pyridine rings is 4. The van der Waals surface area contributed by atoms with Gasteiger partial charge in [-0.15, -0.1) is 0 Å². The number of ketones is 4. The van der Waals surface area contributed by atoms with E-state index in [2.05, 4.69) is 61.8 Å². The molecule has 3 saturated carbocycles. The zero-order valence-electron chi connectivity index (χ0n) is 66.5. The molecule has 2 aromatic carbocycles. The summed E-state index contributed by atoms with van der Waals surface area (Å²) in [5, 5.41) is 21.5. The maximum absolute atomic E-state index is 14.0. The molecule has 612 valence electrons. The van der Waals surface area contributed by atoms with Gasteiger partial charge in [0, 0.05) is 100 Å². The summed E-state index contributed by atoms with van der Waals surface area (Å²) in [5.41, 5.74) is 7.75. The molecule has 9 aromatic rings. The van der Waals surface area contributed by atoms with E-state index in [1.54, 1.807) is 42.5 Å². The second-order valence-electron chi connectivity index (χ2n) is 32.2. The summed E-state index contributed by atoms with van der Waals surface area (Å²) < 4.78 is 40.5. The molecule has 0 radical (unpaired) electrons. The number of hydrogen-bond acceptors (Lipinski definition) is 22. The van der Waals surface area contributed by atoms with Crippen molar-refractivity contribution in [3.05, 3.63) is 195 Å². The summed E-state index contributed by atoms with van der Waals surface area (Å²) in [5.74, 6) is -0.900. The van der Waals surface area contributed by atoms with Crippen LogP contribution in [0.1, 0.15) is 130 Å². The summed E-state index contributed by atoms with van der Waals surface area (Å²) in [7, 11) is 0. The summed E-state index contributed by atoms with van der Waals surface area (Å²) in [6.07, 6.45) is 18.7. The highest BCUT2D eigenvalue weighted by atomic mass is 79.9. The maximum Gasteiger partial charge on any atom is 0.248 e. The van der Waals surface area contributed by atoms with Crippen molar-refractivity contribution in [3.8, 4) is 0 Å². The highest BCUT2D eigenvalue weighted by Gasteiger charge is 2.69. The Labute approximate surface area is 688 Å². The highest BCUT2D eigenvalue weighted by Crippen LogP contribution is 2.62. The van der Waals surface area contributed by atoms with Gasteiger partial charge in [-0.25, -0.2) is 15.0 Å². The Kier molecular flexibility index (Phi) is 23.1. The second kappa shape index (κ2) is 33.7. The number of aromatic nitrogens is 10. The third-order valence-electron chi connectivity index (χ3n) is 24.0. The van der Waals surface area contributed by atoms with Crippen LogP contribution in [0.2, 0.25) is 0 Å². The monoisotopic (exact) mass is 1670 g/mol. The van der Waals surface area contributed by atoms with Gasteiger partial charge in [-0.05, 0) is 117 Å². The lowest BCUT2D eigenvalue weighted by molar-refractivity contribution is -0.139. The van der Waals surface area contributed by atoms with Crippen molar-refractivity contribution in [1.82, 2.24) is 64.0 Å². The minimum Gasteiger partial charge on any atom is -0.377 e. The van der Waals surface area contributed by atoms with Crippen molar-refractivity contribution in [1.29, 1.82) is 0 Å². The van der Waals surface area contributed by atoms with E-state index < -0.39 is 18.1 Å². The van der Waals surface area contributed by atoms with E-state index in [4.69, 9.17) is 28.4 Å². The van der Waals surface area contributed by atoms with Crippen LogP contribution in [0, 0.1) is 37.0 Å². The van der Waals surface area contributed by atoms with Gasteiger partial charge in [0.15, 0.2) is 23.1 Å². The first-order chi connectivity index (χ1) is 57.0. The molecule has 118 heavy (non-hydrogen) atoms. The molecule has 0 unspecified atom stereocenters. The summed E-state index contributed by atoms with van der Waals surface area (Å²) in [6.45, 7) is 14.7. The molecule has 18 rings (SSSR count). The molecule has 9 atom stereocenters. The number of hydrogen-bond donors (Lipinski definition) is 2. The summed E-state index contributed by atoms with van der Waals surface area (Å²) in [6, 6.07) is 23.8. The molecule has 6 aliphatic heterocycles. The number of amides is 5. The molecular formula is C87H92BrN15O15. The molecule has 6 fully saturated rings. The Balaban J connectivity index is 0.000000132. The van der Waals surface area contributed by atoms with E-state index in [0.717, 1.165) is 63.8 Å². The number of fused-ring (bicyclic) bond motifs is 9. The standard InChI is InChI=1S/C30H31BrN4O5.C29H31N5O5.C28H30N6O5/c1-18-6-5-7-21-28(19(2)36)33-34(29(18)21)15-27(38)35-23-13-30(14-25(30)35)17-40-11-4-3-10-39-16-20-8-9-26(31)32-22(20)12-24(23)37;1-18-9-10-20-16-38-11-5-6-12-39-17-29-13-23(28(37)31-27(20)30-18)34(24(29)14-29)25(36)15-33-22-8-4-3-7-21(22)26(32-33)19(2)35;1-17-5-6-19-15-38-9-3-4-10-39-16-28-11-21(27(37)31-26(19)30-17)34(23(28)12-28)24(36)14-33-22-13-29-8-7-20(22)25(32-33)18(2)35/h3-9,23,25H,10-17H2,1-2H3;3-10,23-24H,11-17H2,1-2H3,(H,30,31,37);3-8,13,21,23H,9-12,14-16H2,1-2H3,(H,30,31,37)/t23-,25+,30-;23-,24+,29-;21-,23+,28-/m000/s1. The van der Waals surface area contributed by atoms with Gasteiger partial charge in [-0.1, -0.05) is 91.1 Å². The molecule has 3 aliphatic carbocycles. The van der Waals surface area contributed by atoms with Crippen molar-refractivity contribution >= 4 is 113 Å².